The zero-order chi connectivity index (χ0) is 15.0. The van der Waals surface area contributed by atoms with Crippen LogP contribution in [0.2, 0.25) is 0 Å². The summed E-state index contributed by atoms with van der Waals surface area (Å²) in [5.41, 5.74) is 0.806. The van der Waals surface area contributed by atoms with Gasteiger partial charge in [0.2, 0.25) is 5.91 Å². The fraction of sp³-hybridized carbons (Fsp3) is 0.429. The number of ether oxygens (including phenoxy) is 2. The minimum Gasteiger partial charge on any atom is -0.495 e. The number of aromatic nitrogens is 1. The van der Waals surface area contributed by atoms with E-state index in [0.29, 0.717) is 13.1 Å². The molecule has 1 saturated heterocycles. The number of anilines is 1. The van der Waals surface area contributed by atoms with E-state index in [1.165, 1.54) is 0 Å². The molecular formula is C14H17N3O3S. The number of hydrogen-bond acceptors (Lipinski definition) is 6. The summed E-state index contributed by atoms with van der Waals surface area (Å²) in [6.45, 7) is 1.40. The van der Waals surface area contributed by atoms with E-state index in [2.05, 4.69) is 15.2 Å². The summed E-state index contributed by atoms with van der Waals surface area (Å²) in [6, 6.07) is 3.74. The minimum atomic E-state index is 0.0470. The summed E-state index contributed by atoms with van der Waals surface area (Å²) in [7, 11) is 4.94. The molecule has 1 N–H and O–H groups in total. The van der Waals surface area contributed by atoms with Gasteiger partial charge in [0.05, 0.1) is 20.1 Å². The first-order valence-electron chi connectivity index (χ1n) is 6.66. The van der Waals surface area contributed by atoms with Gasteiger partial charge in [-0.1, -0.05) is 11.3 Å². The van der Waals surface area contributed by atoms with Crippen LogP contribution in [0.25, 0.3) is 10.2 Å². The zero-order valence-corrected chi connectivity index (χ0v) is 13.0. The highest BCUT2D eigenvalue weighted by molar-refractivity contribution is 7.22. The van der Waals surface area contributed by atoms with Gasteiger partial charge in [-0.3, -0.25) is 4.79 Å². The highest BCUT2D eigenvalue weighted by Gasteiger charge is 2.34. The molecule has 0 bridgehead atoms. The van der Waals surface area contributed by atoms with Gasteiger partial charge in [0.15, 0.2) is 5.13 Å². The second-order valence-corrected chi connectivity index (χ2v) is 5.84. The fourth-order valence-corrected chi connectivity index (χ4v) is 3.51. The van der Waals surface area contributed by atoms with Gasteiger partial charge in [-0.15, -0.1) is 0 Å². The van der Waals surface area contributed by atoms with Crippen LogP contribution in [0, 0.1) is 5.92 Å². The lowest BCUT2D eigenvalue weighted by atomic mass is 10.0. The van der Waals surface area contributed by atoms with Crippen LogP contribution >= 0.6 is 11.3 Å². The smallest absolute Gasteiger partial charge is 0.226 e. The van der Waals surface area contributed by atoms with Crippen molar-refractivity contribution in [2.75, 3.05) is 39.3 Å². The van der Waals surface area contributed by atoms with E-state index in [1.54, 1.807) is 32.6 Å². The molecule has 0 spiro atoms. The number of amides is 1. The molecule has 0 atom stereocenters. The van der Waals surface area contributed by atoms with E-state index in [9.17, 15) is 4.79 Å². The first kappa shape index (κ1) is 13.9. The van der Waals surface area contributed by atoms with Crippen molar-refractivity contribution in [1.82, 2.24) is 10.3 Å². The standard InChI is InChI=1S/C14H17N3O3S/c1-15-13(18)8-6-17(7-8)14-16-11-9(19-2)4-5-10(20-3)12(11)21-14/h4-5,8H,6-7H2,1-3H3,(H,15,18). The molecule has 1 aliphatic rings. The van der Waals surface area contributed by atoms with Crippen molar-refractivity contribution in [2.45, 2.75) is 0 Å². The summed E-state index contributed by atoms with van der Waals surface area (Å²) in [4.78, 5) is 18.3. The van der Waals surface area contributed by atoms with Crippen molar-refractivity contribution in [3.63, 3.8) is 0 Å². The topological polar surface area (TPSA) is 63.7 Å². The van der Waals surface area contributed by atoms with Crippen LogP contribution < -0.4 is 19.7 Å². The molecule has 6 nitrogen and oxygen atoms in total. The van der Waals surface area contributed by atoms with E-state index in [4.69, 9.17) is 9.47 Å². The average Bonchev–Trinajstić information content (AvgIpc) is 2.88. The van der Waals surface area contributed by atoms with Crippen LogP contribution in [0.15, 0.2) is 12.1 Å². The van der Waals surface area contributed by atoms with Crippen LogP contribution in [-0.4, -0.2) is 45.2 Å². The molecule has 1 amide bonds. The van der Waals surface area contributed by atoms with Crippen molar-refractivity contribution in [3.05, 3.63) is 12.1 Å². The molecule has 2 heterocycles. The van der Waals surface area contributed by atoms with Gasteiger partial charge in [-0.25, -0.2) is 4.98 Å². The summed E-state index contributed by atoms with van der Waals surface area (Å²) in [5, 5.41) is 3.58. The van der Waals surface area contributed by atoms with Crippen LogP contribution in [0.5, 0.6) is 11.5 Å². The number of nitrogens with zero attached hydrogens (tertiary/aromatic N) is 2. The summed E-state index contributed by atoms with van der Waals surface area (Å²) >= 11 is 1.56. The Bertz CT molecular complexity index is 638. The number of rotatable bonds is 4. The second kappa shape index (κ2) is 5.40. The van der Waals surface area contributed by atoms with Gasteiger partial charge in [0.25, 0.3) is 0 Å². The van der Waals surface area contributed by atoms with E-state index >= 15 is 0 Å². The third-order valence-electron chi connectivity index (χ3n) is 3.67. The van der Waals surface area contributed by atoms with Crippen molar-refractivity contribution in [2.24, 2.45) is 5.92 Å². The number of nitrogens with one attached hydrogen (secondary N) is 1. The Morgan fingerprint density at radius 1 is 1.33 bits per heavy atom. The van der Waals surface area contributed by atoms with Crippen LogP contribution in [-0.2, 0) is 4.79 Å². The Hall–Kier alpha value is -2.02. The van der Waals surface area contributed by atoms with Gasteiger partial charge in [0, 0.05) is 20.1 Å². The lowest BCUT2D eigenvalue weighted by Crippen LogP contribution is -2.53. The largest absolute Gasteiger partial charge is 0.495 e. The molecule has 3 rings (SSSR count). The van der Waals surface area contributed by atoms with Crippen LogP contribution in [0.4, 0.5) is 5.13 Å². The Morgan fingerprint density at radius 2 is 2.00 bits per heavy atom. The maximum atomic E-state index is 11.5. The molecule has 7 heteroatoms. The van der Waals surface area contributed by atoms with E-state index in [1.807, 2.05) is 12.1 Å². The van der Waals surface area contributed by atoms with Gasteiger partial charge >= 0.3 is 0 Å². The van der Waals surface area contributed by atoms with E-state index in [-0.39, 0.29) is 11.8 Å². The van der Waals surface area contributed by atoms with Crippen molar-refractivity contribution >= 4 is 32.6 Å². The second-order valence-electron chi connectivity index (χ2n) is 4.86. The molecule has 2 aromatic rings. The third-order valence-corrected chi connectivity index (χ3v) is 4.80. The van der Waals surface area contributed by atoms with Crippen molar-refractivity contribution in [3.8, 4) is 11.5 Å². The first-order valence-corrected chi connectivity index (χ1v) is 7.47. The van der Waals surface area contributed by atoms with Gasteiger partial charge in [0.1, 0.15) is 21.7 Å². The highest BCUT2D eigenvalue weighted by atomic mass is 32.1. The van der Waals surface area contributed by atoms with Crippen LogP contribution in [0.3, 0.4) is 0 Å². The summed E-state index contributed by atoms with van der Waals surface area (Å²) < 4.78 is 11.7. The maximum Gasteiger partial charge on any atom is 0.226 e. The monoisotopic (exact) mass is 307 g/mol. The molecule has 1 aliphatic heterocycles. The molecule has 0 radical (unpaired) electrons. The minimum absolute atomic E-state index is 0.0470. The van der Waals surface area contributed by atoms with Crippen LogP contribution in [0.1, 0.15) is 0 Å². The molecule has 1 fully saturated rings. The summed E-state index contributed by atoms with van der Waals surface area (Å²) in [6.07, 6.45) is 0. The van der Waals surface area contributed by atoms with Gasteiger partial charge in [-0.2, -0.15) is 0 Å². The number of carbonyl (C=O) groups excluding carboxylic acids is 1. The molecule has 0 unspecified atom stereocenters. The molecular weight excluding hydrogens is 290 g/mol. The fourth-order valence-electron chi connectivity index (χ4n) is 2.41. The lowest BCUT2D eigenvalue weighted by molar-refractivity contribution is -0.125. The number of thiazole rings is 1. The molecule has 112 valence electrons. The summed E-state index contributed by atoms with van der Waals surface area (Å²) in [5.74, 6) is 1.66. The average molecular weight is 307 g/mol. The number of carbonyl (C=O) groups is 1. The lowest BCUT2D eigenvalue weighted by Gasteiger charge is -2.37. The number of fused-ring (bicyclic) bond motifs is 1. The predicted molar refractivity (Wildman–Crippen MR) is 82.5 cm³/mol. The quantitative estimate of drug-likeness (QED) is 0.927. The number of hydrogen-bond donors (Lipinski definition) is 1. The van der Waals surface area contributed by atoms with E-state index in [0.717, 1.165) is 26.8 Å². The number of methoxy groups -OCH3 is 2. The molecule has 1 aromatic heterocycles. The SMILES string of the molecule is CNC(=O)C1CN(c2nc3c(OC)ccc(OC)c3s2)C1. The normalized spacial score (nSPS) is 14.9. The highest BCUT2D eigenvalue weighted by Crippen LogP contribution is 2.41. The van der Waals surface area contributed by atoms with Crippen molar-refractivity contribution < 1.29 is 14.3 Å². The van der Waals surface area contributed by atoms with Gasteiger partial charge < -0.3 is 19.7 Å². The zero-order valence-electron chi connectivity index (χ0n) is 12.2. The van der Waals surface area contributed by atoms with Gasteiger partial charge in [-0.05, 0) is 12.1 Å². The molecule has 0 aliphatic carbocycles. The maximum absolute atomic E-state index is 11.5. The molecule has 1 aromatic carbocycles. The Kier molecular flexibility index (Phi) is 3.59. The Labute approximate surface area is 126 Å². The molecule has 21 heavy (non-hydrogen) atoms. The molecule has 0 saturated carbocycles. The Balaban J connectivity index is 1.90. The number of benzene rings is 1. The Morgan fingerprint density at radius 3 is 2.62 bits per heavy atom. The predicted octanol–water partition coefficient (Wildman–Crippen LogP) is 1.50. The van der Waals surface area contributed by atoms with Crippen molar-refractivity contribution in [1.29, 1.82) is 0 Å². The third kappa shape index (κ3) is 2.27. The van der Waals surface area contributed by atoms with E-state index < -0.39 is 0 Å². The first-order chi connectivity index (χ1) is 10.2.